The molecule has 0 radical (unpaired) electrons. The highest BCUT2D eigenvalue weighted by Crippen LogP contribution is 2.51. The van der Waals surface area contributed by atoms with Gasteiger partial charge in [-0.3, -0.25) is 9.88 Å². The maximum absolute atomic E-state index is 6.62. The lowest BCUT2D eigenvalue weighted by molar-refractivity contribution is 0.0343. The van der Waals surface area contributed by atoms with Gasteiger partial charge in [0.2, 0.25) is 0 Å². The number of ether oxygens (including phenoxy) is 1. The van der Waals surface area contributed by atoms with Gasteiger partial charge in [-0.05, 0) is 70.2 Å². The fourth-order valence-electron chi connectivity index (χ4n) is 3.90. The first kappa shape index (κ1) is 14.8. The average molecular weight is 289 g/mol. The third-order valence-corrected chi connectivity index (χ3v) is 5.44. The van der Waals surface area contributed by atoms with E-state index >= 15 is 0 Å². The number of methoxy groups -OCH3 is 1. The summed E-state index contributed by atoms with van der Waals surface area (Å²) in [5.41, 5.74) is 9.43. The third-order valence-electron chi connectivity index (χ3n) is 5.44. The van der Waals surface area contributed by atoms with Crippen molar-refractivity contribution in [2.45, 2.75) is 51.6 Å². The van der Waals surface area contributed by atoms with E-state index in [-0.39, 0.29) is 17.0 Å². The first-order valence-corrected chi connectivity index (χ1v) is 7.89. The summed E-state index contributed by atoms with van der Waals surface area (Å²) >= 11 is 0. The zero-order valence-electron chi connectivity index (χ0n) is 13.6. The van der Waals surface area contributed by atoms with Crippen LogP contribution in [0.25, 0.3) is 0 Å². The quantitative estimate of drug-likeness (QED) is 0.863. The highest BCUT2D eigenvalue weighted by atomic mass is 16.5. The van der Waals surface area contributed by atoms with E-state index in [1.807, 2.05) is 6.20 Å². The summed E-state index contributed by atoms with van der Waals surface area (Å²) in [6, 6.07) is 2.18. The number of nitrogens with two attached hydrogens (primary N) is 1. The Morgan fingerprint density at radius 1 is 1.33 bits per heavy atom. The van der Waals surface area contributed by atoms with Crippen molar-refractivity contribution in [2.24, 2.45) is 11.1 Å². The van der Waals surface area contributed by atoms with Gasteiger partial charge in [-0.15, -0.1) is 0 Å². The predicted molar refractivity (Wildman–Crippen MR) is 84.4 cm³/mol. The van der Waals surface area contributed by atoms with E-state index in [0.717, 1.165) is 38.1 Å². The van der Waals surface area contributed by atoms with E-state index in [1.165, 1.54) is 11.3 Å². The number of nitrogens with zero attached hydrogens (tertiary/aromatic N) is 2. The Balaban J connectivity index is 1.80. The molecule has 1 aromatic rings. The van der Waals surface area contributed by atoms with Gasteiger partial charge in [-0.25, -0.2) is 0 Å². The van der Waals surface area contributed by atoms with Crippen LogP contribution in [0.5, 0.6) is 5.75 Å². The Hall–Kier alpha value is -1.13. The zero-order valence-corrected chi connectivity index (χ0v) is 13.6. The molecule has 21 heavy (non-hydrogen) atoms. The minimum absolute atomic E-state index is 0.0946. The molecular formula is C17H27N3O. The molecule has 1 fully saturated rings. The summed E-state index contributed by atoms with van der Waals surface area (Å²) in [6.07, 6.45) is 5.15. The Labute approximate surface area is 127 Å². The topological polar surface area (TPSA) is 51.4 Å². The predicted octanol–water partition coefficient (Wildman–Crippen LogP) is 2.53. The minimum atomic E-state index is 0.0946. The minimum Gasteiger partial charge on any atom is -0.495 e. The van der Waals surface area contributed by atoms with Crippen LogP contribution in [0.2, 0.25) is 0 Å². The molecule has 1 atom stereocenters. The molecule has 116 valence electrons. The van der Waals surface area contributed by atoms with E-state index in [9.17, 15) is 0 Å². The van der Waals surface area contributed by atoms with Crippen LogP contribution in [0.15, 0.2) is 12.3 Å². The molecular weight excluding hydrogens is 262 g/mol. The smallest absolute Gasteiger partial charge is 0.137 e. The molecule has 2 heterocycles. The van der Waals surface area contributed by atoms with Gasteiger partial charge in [0.05, 0.1) is 13.3 Å². The molecule has 1 aromatic heterocycles. The van der Waals surface area contributed by atoms with E-state index in [2.05, 4.69) is 36.7 Å². The molecule has 1 aliphatic heterocycles. The van der Waals surface area contributed by atoms with Crippen LogP contribution in [0.4, 0.5) is 0 Å². The van der Waals surface area contributed by atoms with Crippen molar-refractivity contribution in [3.05, 3.63) is 23.5 Å². The number of pyridine rings is 1. The average Bonchev–Trinajstić information content (AvgIpc) is 2.71. The second-order valence-electron chi connectivity index (χ2n) is 7.59. The van der Waals surface area contributed by atoms with Crippen LogP contribution in [-0.4, -0.2) is 35.6 Å². The summed E-state index contributed by atoms with van der Waals surface area (Å²) in [5, 5.41) is 0. The Bertz CT molecular complexity index is 527. The molecule has 0 bridgehead atoms. The summed E-state index contributed by atoms with van der Waals surface area (Å²) in [6.45, 7) is 9.13. The van der Waals surface area contributed by atoms with E-state index < -0.39 is 0 Å². The highest BCUT2D eigenvalue weighted by Gasteiger charge is 2.47. The molecule has 2 aliphatic rings. The van der Waals surface area contributed by atoms with Crippen molar-refractivity contribution < 1.29 is 4.74 Å². The van der Waals surface area contributed by atoms with Gasteiger partial charge in [0.25, 0.3) is 0 Å². The Kier molecular flexibility index (Phi) is 3.49. The number of fused-ring (bicyclic) bond motifs is 1. The van der Waals surface area contributed by atoms with Gasteiger partial charge in [0, 0.05) is 17.3 Å². The number of likely N-dealkylation sites (tertiary alicyclic amines) is 1. The van der Waals surface area contributed by atoms with Crippen LogP contribution in [-0.2, 0) is 6.42 Å². The van der Waals surface area contributed by atoms with E-state index in [1.54, 1.807) is 7.11 Å². The van der Waals surface area contributed by atoms with Gasteiger partial charge in [0.15, 0.2) is 0 Å². The molecule has 4 heteroatoms. The molecule has 3 rings (SSSR count). The Morgan fingerprint density at radius 3 is 2.57 bits per heavy atom. The largest absolute Gasteiger partial charge is 0.495 e. The highest BCUT2D eigenvalue weighted by molar-refractivity contribution is 5.38. The van der Waals surface area contributed by atoms with Crippen molar-refractivity contribution in [1.29, 1.82) is 0 Å². The van der Waals surface area contributed by atoms with Crippen LogP contribution in [0.1, 0.15) is 50.9 Å². The van der Waals surface area contributed by atoms with Crippen LogP contribution >= 0.6 is 0 Å². The Morgan fingerprint density at radius 2 is 2.00 bits per heavy atom. The number of aromatic nitrogens is 1. The lowest BCUT2D eigenvalue weighted by Crippen LogP contribution is -2.51. The number of hydrogen-bond donors (Lipinski definition) is 1. The van der Waals surface area contributed by atoms with Crippen molar-refractivity contribution in [2.75, 3.05) is 20.2 Å². The van der Waals surface area contributed by atoms with Crippen molar-refractivity contribution in [1.82, 2.24) is 9.88 Å². The van der Waals surface area contributed by atoms with Gasteiger partial charge >= 0.3 is 0 Å². The summed E-state index contributed by atoms with van der Waals surface area (Å²) < 4.78 is 5.30. The number of piperidine rings is 1. The monoisotopic (exact) mass is 289 g/mol. The maximum Gasteiger partial charge on any atom is 0.137 e. The fraction of sp³-hybridized carbons (Fsp3) is 0.706. The summed E-state index contributed by atoms with van der Waals surface area (Å²) in [4.78, 5) is 7.15. The molecule has 1 spiro atoms. The maximum atomic E-state index is 6.62. The second-order valence-corrected chi connectivity index (χ2v) is 7.59. The molecule has 0 amide bonds. The molecule has 1 aliphatic carbocycles. The third kappa shape index (κ3) is 2.44. The van der Waals surface area contributed by atoms with Crippen LogP contribution in [0.3, 0.4) is 0 Å². The lowest BCUT2D eigenvalue weighted by Gasteiger charge is -2.46. The van der Waals surface area contributed by atoms with Gasteiger partial charge in [0.1, 0.15) is 5.75 Å². The molecule has 4 nitrogen and oxygen atoms in total. The molecule has 0 aromatic carbocycles. The first-order valence-electron chi connectivity index (χ1n) is 7.89. The van der Waals surface area contributed by atoms with E-state index in [0.29, 0.717) is 0 Å². The van der Waals surface area contributed by atoms with Crippen molar-refractivity contribution in [3.8, 4) is 5.75 Å². The normalized spacial score (nSPS) is 25.1. The molecule has 2 N–H and O–H groups in total. The summed E-state index contributed by atoms with van der Waals surface area (Å²) in [5.74, 6) is 0.813. The van der Waals surface area contributed by atoms with Gasteiger partial charge in [-0.2, -0.15) is 0 Å². The van der Waals surface area contributed by atoms with Crippen molar-refractivity contribution in [3.63, 3.8) is 0 Å². The zero-order chi connectivity index (χ0) is 15.3. The summed E-state index contributed by atoms with van der Waals surface area (Å²) in [7, 11) is 1.68. The van der Waals surface area contributed by atoms with Gasteiger partial charge in [-0.1, -0.05) is 0 Å². The lowest BCUT2D eigenvalue weighted by atomic mass is 9.72. The number of rotatable bonds is 1. The molecule has 0 saturated carbocycles. The second kappa shape index (κ2) is 4.96. The van der Waals surface area contributed by atoms with E-state index in [4.69, 9.17) is 10.5 Å². The standard InChI is InChI=1S/C17H27N3O/c1-16(2,3)20-7-5-17(6-8-20)10-14-13(15(17)18)9-12(21-4)11-19-14/h9,11,15H,5-8,10,18H2,1-4H3/t15-/m1/s1. The van der Waals surface area contributed by atoms with Gasteiger partial charge < -0.3 is 10.5 Å². The SMILES string of the molecule is COc1cnc2c(c1)[C@@H](N)C1(CCN(C(C)(C)C)CC1)C2. The van der Waals surface area contributed by atoms with Crippen molar-refractivity contribution >= 4 is 0 Å². The molecule has 1 saturated heterocycles. The number of hydrogen-bond acceptors (Lipinski definition) is 4. The van der Waals surface area contributed by atoms with Crippen LogP contribution in [0, 0.1) is 5.41 Å². The van der Waals surface area contributed by atoms with Crippen LogP contribution < -0.4 is 10.5 Å². The first-order chi connectivity index (χ1) is 9.86. The fourth-order valence-corrected chi connectivity index (χ4v) is 3.90. The molecule has 0 unspecified atom stereocenters.